The van der Waals surface area contributed by atoms with Gasteiger partial charge in [-0.3, -0.25) is 5.01 Å². The van der Waals surface area contributed by atoms with Crippen molar-refractivity contribution in [3.63, 3.8) is 0 Å². The number of halogens is 4. The van der Waals surface area contributed by atoms with Crippen molar-refractivity contribution in [2.24, 2.45) is 11.0 Å². The maximum absolute atomic E-state index is 13.9. The number of nitrogen functional groups attached to an aromatic ring is 1. The quantitative estimate of drug-likeness (QED) is 0.125. The predicted octanol–water partition coefficient (Wildman–Crippen LogP) is 4.80. The number of unbranched alkanes of at least 4 members (excludes halogenated alkanes) is 1. The molecule has 0 unspecified atom stereocenters. The summed E-state index contributed by atoms with van der Waals surface area (Å²) in [6, 6.07) is 4.85. The number of H-pyrrole nitrogens is 1. The van der Waals surface area contributed by atoms with Crippen LogP contribution in [0.1, 0.15) is 42.0 Å². The number of ether oxygens (including phenoxy) is 1. The van der Waals surface area contributed by atoms with Crippen molar-refractivity contribution >= 4 is 11.9 Å². The molecule has 1 aliphatic heterocycles. The zero-order valence-corrected chi connectivity index (χ0v) is 19.0. The molecule has 0 spiro atoms. The standard InChI is InChI=1S/C23H29F4N7O/c24-20-7-6-19(35-23(25,26)27)11-15(20)4-3-9-34(33-30)8-2-1-5-18(28)10-16-12-21(32-22(16)29)17-13-31-14-17/h3,6-7,9-12,17,30-32H,1-2,4-5,8,13-14,28-29H2/b9-3+,18-10-,33-30?. The van der Waals surface area contributed by atoms with Gasteiger partial charge in [-0.05, 0) is 61.6 Å². The van der Waals surface area contributed by atoms with E-state index in [1.807, 2.05) is 12.1 Å². The molecule has 0 amide bonds. The minimum Gasteiger partial charge on any atom is -0.406 e. The second kappa shape index (κ2) is 11.7. The van der Waals surface area contributed by atoms with Crippen LogP contribution in [-0.2, 0) is 6.42 Å². The Morgan fingerprint density at radius 3 is 2.69 bits per heavy atom. The third kappa shape index (κ3) is 8.02. The molecule has 0 bridgehead atoms. The summed E-state index contributed by atoms with van der Waals surface area (Å²) in [6.07, 6.45) is 2.10. The lowest BCUT2D eigenvalue weighted by Gasteiger charge is -2.25. The van der Waals surface area contributed by atoms with E-state index in [-0.39, 0.29) is 12.0 Å². The van der Waals surface area contributed by atoms with Crippen LogP contribution in [0.2, 0.25) is 0 Å². The number of hydrogen-bond donors (Lipinski definition) is 5. The normalized spacial score (nSPS) is 14.8. The van der Waals surface area contributed by atoms with Crippen LogP contribution in [0.4, 0.5) is 23.4 Å². The monoisotopic (exact) mass is 495 g/mol. The van der Waals surface area contributed by atoms with Crippen LogP contribution < -0.4 is 21.5 Å². The topological polar surface area (TPSA) is 129 Å². The Morgan fingerprint density at radius 1 is 1.26 bits per heavy atom. The summed E-state index contributed by atoms with van der Waals surface area (Å²) in [5.74, 6) is -0.110. The number of nitrogens with two attached hydrogens (primary N) is 2. The van der Waals surface area contributed by atoms with Crippen LogP contribution in [-0.4, -0.2) is 36.0 Å². The first-order valence-corrected chi connectivity index (χ1v) is 11.1. The highest BCUT2D eigenvalue weighted by Gasteiger charge is 2.31. The van der Waals surface area contributed by atoms with E-state index in [9.17, 15) is 17.6 Å². The molecule has 0 radical (unpaired) electrons. The Kier molecular flexibility index (Phi) is 8.74. The lowest BCUT2D eigenvalue weighted by molar-refractivity contribution is -0.274. The largest absolute Gasteiger partial charge is 0.573 e. The summed E-state index contributed by atoms with van der Waals surface area (Å²) in [5, 5.41) is 7.97. The molecule has 35 heavy (non-hydrogen) atoms. The van der Waals surface area contributed by atoms with E-state index in [1.165, 1.54) is 17.3 Å². The molecule has 190 valence electrons. The molecule has 12 heteroatoms. The maximum atomic E-state index is 13.9. The van der Waals surface area contributed by atoms with Gasteiger partial charge in [-0.15, -0.1) is 13.2 Å². The van der Waals surface area contributed by atoms with Gasteiger partial charge in [0.15, 0.2) is 0 Å². The SMILES string of the molecule is N=NN(/C=C/Cc1cc(OC(F)(F)F)ccc1F)CCCC/C(N)=C/c1cc(C2CNC2)[nH]c1N. The average molecular weight is 496 g/mol. The van der Waals surface area contributed by atoms with Crippen molar-refractivity contribution in [1.82, 2.24) is 15.3 Å². The first-order chi connectivity index (χ1) is 16.6. The van der Waals surface area contributed by atoms with E-state index in [0.29, 0.717) is 36.8 Å². The van der Waals surface area contributed by atoms with E-state index in [0.717, 1.165) is 49.0 Å². The van der Waals surface area contributed by atoms with E-state index in [1.54, 1.807) is 0 Å². The highest BCUT2D eigenvalue weighted by atomic mass is 19.4. The Hall–Kier alpha value is -3.54. The van der Waals surface area contributed by atoms with Gasteiger partial charge in [-0.25, -0.2) is 4.39 Å². The minimum atomic E-state index is -4.85. The summed E-state index contributed by atoms with van der Waals surface area (Å²) in [7, 11) is 0. The van der Waals surface area contributed by atoms with Gasteiger partial charge in [-0.1, -0.05) is 11.3 Å². The van der Waals surface area contributed by atoms with E-state index in [2.05, 4.69) is 20.3 Å². The summed E-state index contributed by atoms with van der Waals surface area (Å²) in [5.41, 5.74) is 22.2. The number of nitrogens with one attached hydrogen (secondary N) is 3. The van der Waals surface area contributed by atoms with E-state index >= 15 is 0 Å². The summed E-state index contributed by atoms with van der Waals surface area (Å²) >= 11 is 0. The molecule has 1 fully saturated rings. The number of hydrogen-bond acceptors (Lipinski definition) is 6. The second-order valence-corrected chi connectivity index (χ2v) is 8.28. The molecular formula is C23H29F4N7O. The molecule has 1 saturated heterocycles. The number of alkyl halides is 3. The molecule has 1 aromatic carbocycles. The summed E-state index contributed by atoms with van der Waals surface area (Å²) in [4.78, 5) is 3.20. The Bertz CT molecular complexity index is 1060. The first-order valence-electron chi connectivity index (χ1n) is 11.1. The lowest BCUT2D eigenvalue weighted by Crippen LogP contribution is -2.40. The Balaban J connectivity index is 1.44. The highest BCUT2D eigenvalue weighted by Crippen LogP contribution is 2.26. The fraction of sp³-hybridized carbons (Fsp3) is 0.391. The Morgan fingerprint density at radius 2 is 2.03 bits per heavy atom. The summed E-state index contributed by atoms with van der Waals surface area (Å²) in [6.45, 7) is 2.29. The van der Waals surface area contributed by atoms with Gasteiger partial charge in [-0.2, -0.15) is 5.53 Å². The third-order valence-electron chi connectivity index (χ3n) is 5.56. The van der Waals surface area contributed by atoms with Crippen LogP contribution in [0.3, 0.4) is 0 Å². The molecule has 2 heterocycles. The van der Waals surface area contributed by atoms with Gasteiger partial charge in [0.2, 0.25) is 0 Å². The molecule has 1 aromatic heterocycles. The number of allylic oxidation sites excluding steroid dienone is 2. The fourth-order valence-electron chi connectivity index (χ4n) is 3.60. The fourth-order valence-corrected chi connectivity index (χ4v) is 3.60. The van der Waals surface area contributed by atoms with Crippen LogP contribution in [0.15, 0.2) is 47.5 Å². The van der Waals surface area contributed by atoms with Gasteiger partial charge in [0.1, 0.15) is 17.4 Å². The number of nitrogens with zero attached hydrogens (tertiary/aromatic N) is 2. The predicted molar refractivity (Wildman–Crippen MR) is 125 cm³/mol. The molecule has 0 aliphatic carbocycles. The van der Waals surface area contributed by atoms with Crippen LogP contribution in [0.5, 0.6) is 5.75 Å². The van der Waals surface area contributed by atoms with Gasteiger partial charge in [0.25, 0.3) is 0 Å². The molecule has 7 N–H and O–H groups in total. The molecule has 3 rings (SSSR count). The lowest BCUT2D eigenvalue weighted by atomic mass is 9.99. The number of aromatic nitrogens is 1. The summed E-state index contributed by atoms with van der Waals surface area (Å²) < 4.78 is 54.8. The Labute approximate surface area is 200 Å². The van der Waals surface area contributed by atoms with Gasteiger partial charge < -0.3 is 26.5 Å². The molecule has 0 saturated carbocycles. The van der Waals surface area contributed by atoms with Gasteiger partial charge in [0.05, 0.1) is 0 Å². The van der Waals surface area contributed by atoms with Crippen LogP contribution in [0.25, 0.3) is 6.08 Å². The molecule has 2 aromatic rings. The zero-order valence-electron chi connectivity index (χ0n) is 19.0. The maximum Gasteiger partial charge on any atom is 0.573 e. The third-order valence-corrected chi connectivity index (χ3v) is 5.56. The number of rotatable bonds is 12. The number of aromatic amines is 1. The first kappa shape index (κ1) is 26.1. The second-order valence-electron chi connectivity index (χ2n) is 8.28. The van der Waals surface area contributed by atoms with Crippen molar-refractivity contribution in [3.8, 4) is 5.75 Å². The van der Waals surface area contributed by atoms with Crippen molar-refractivity contribution in [3.05, 3.63) is 64.9 Å². The van der Waals surface area contributed by atoms with Crippen molar-refractivity contribution in [2.75, 3.05) is 25.4 Å². The van der Waals surface area contributed by atoms with Gasteiger partial charge >= 0.3 is 6.36 Å². The average Bonchev–Trinajstić information content (AvgIpc) is 3.08. The van der Waals surface area contributed by atoms with E-state index in [4.69, 9.17) is 17.0 Å². The molecular weight excluding hydrogens is 466 g/mol. The van der Waals surface area contributed by atoms with Crippen molar-refractivity contribution in [2.45, 2.75) is 38.0 Å². The highest BCUT2D eigenvalue weighted by molar-refractivity contribution is 5.64. The zero-order chi connectivity index (χ0) is 25.4. The van der Waals surface area contributed by atoms with E-state index < -0.39 is 17.9 Å². The van der Waals surface area contributed by atoms with Crippen molar-refractivity contribution < 1.29 is 22.3 Å². The molecule has 1 aliphatic rings. The number of anilines is 1. The molecule has 0 atom stereocenters. The van der Waals surface area contributed by atoms with Crippen LogP contribution in [0, 0.1) is 11.3 Å². The molecule has 8 nitrogen and oxygen atoms in total. The van der Waals surface area contributed by atoms with Gasteiger partial charge in [0, 0.05) is 48.7 Å². The number of benzene rings is 1. The minimum absolute atomic E-state index is 0.0135. The smallest absolute Gasteiger partial charge is 0.406 e. The van der Waals surface area contributed by atoms with Crippen molar-refractivity contribution in [1.29, 1.82) is 5.53 Å². The van der Waals surface area contributed by atoms with Crippen LogP contribution >= 0.6 is 0 Å².